The van der Waals surface area contributed by atoms with Crippen molar-refractivity contribution in [1.82, 2.24) is 0 Å². The van der Waals surface area contributed by atoms with Crippen LogP contribution in [0.25, 0.3) is 0 Å². The lowest BCUT2D eigenvalue weighted by Gasteiger charge is -2.29. The Labute approximate surface area is 95.0 Å². The van der Waals surface area contributed by atoms with E-state index in [2.05, 4.69) is 13.8 Å². The van der Waals surface area contributed by atoms with Crippen molar-refractivity contribution in [2.75, 3.05) is 7.11 Å². The number of methoxy groups -OCH3 is 1. The fraction of sp³-hybridized carbons (Fsp3) is 1.00. The third-order valence-corrected chi connectivity index (χ3v) is 3.45. The Morgan fingerprint density at radius 2 is 1.67 bits per heavy atom. The summed E-state index contributed by atoms with van der Waals surface area (Å²) < 4.78 is 5.54. The van der Waals surface area contributed by atoms with Gasteiger partial charge in [-0.25, -0.2) is 0 Å². The van der Waals surface area contributed by atoms with E-state index in [-0.39, 0.29) is 5.60 Å². The highest BCUT2D eigenvalue weighted by molar-refractivity contribution is 4.77. The van der Waals surface area contributed by atoms with Crippen LogP contribution < -0.4 is 0 Å². The Morgan fingerprint density at radius 1 is 1.07 bits per heavy atom. The first kappa shape index (κ1) is 14.9. The van der Waals surface area contributed by atoms with Crippen molar-refractivity contribution < 1.29 is 9.84 Å². The van der Waals surface area contributed by atoms with Crippen molar-refractivity contribution >= 4 is 0 Å². The van der Waals surface area contributed by atoms with Crippen LogP contribution in [0.15, 0.2) is 0 Å². The molecule has 2 atom stereocenters. The second-order valence-electron chi connectivity index (χ2n) is 5.11. The Kier molecular flexibility index (Phi) is 6.46. The standard InChI is InChI=1S/C13H28O2/c1-6-9-13(4,15-5)11-8-10-12(3,14)7-2/h14H,6-11H2,1-5H3. The fourth-order valence-electron chi connectivity index (χ4n) is 1.88. The fourth-order valence-corrected chi connectivity index (χ4v) is 1.88. The molecule has 92 valence electrons. The van der Waals surface area contributed by atoms with E-state index in [1.54, 1.807) is 7.11 Å². The minimum absolute atomic E-state index is 0.00142. The summed E-state index contributed by atoms with van der Waals surface area (Å²) in [6, 6.07) is 0. The van der Waals surface area contributed by atoms with Gasteiger partial charge in [0.15, 0.2) is 0 Å². The molecule has 0 aliphatic carbocycles. The van der Waals surface area contributed by atoms with Crippen molar-refractivity contribution in [2.24, 2.45) is 0 Å². The molecule has 0 spiro atoms. The molecule has 0 bridgehead atoms. The maximum atomic E-state index is 9.88. The number of rotatable bonds is 8. The second kappa shape index (κ2) is 6.49. The average Bonchev–Trinajstić information content (AvgIpc) is 2.18. The molecule has 1 N–H and O–H groups in total. The molecule has 0 radical (unpaired) electrons. The van der Waals surface area contributed by atoms with E-state index in [1.807, 2.05) is 13.8 Å². The second-order valence-corrected chi connectivity index (χ2v) is 5.11. The zero-order valence-corrected chi connectivity index (χ0v) is 11.1. The third-order valence-electron chi connectivity index (χ3n) is 3.45. The molecule has 0 rings (SSSR count). The molecule has 0 aliphatic rings. The van der Waals surface area contributed by atoms with Crippen LogP contribution in [0.3, 0.4) is 0 Å². The van der Waals surface area contributed by atoms with Gasteiger partial charge in [-0.05, 0) is 46.0 Å². The summed E-state index contributed by atoms with van der Waals surface area (Å²) in [5, 5.41) is 9.88. The summed E-state index contributed by atoms with van der Waals surface area (Å²) in [6.45, 7) is 8.29. The molecule has 15 heavy (non-hydrogen) atoms. The monoisotopic (exact) mass is 216 g/mol. The molecule has 2 nitrogen and oxygen atoms in total. The predicted molar refractivity (Wildman–Crippen MR) is 65.1 cm³/mol. The summed E-state index contributed by atoms with van der Waals surface area (Å²) in [6.07, 6.45) is 6.00. The Balaban J connectivity index is 3.91. The first-order valence-electron chi connectivity index (χ1n) is 6.16. The Morgan fingerprint density at radius 3 is 2.07 bits per heavy atom. The molecule has 0 fully saturated rings. The quantitative estimate of drug-likeness (QED) is 0.672. The predicted octanol–water partition coefficient (Wildman–Crippen LogP) is 3.52. The van der Waals surface area contributed by atoms with Gasteiger partial charge in [0.05, 0.1) is 11.2 Å². The molecular weight excluding hydrogens is 188 g/mol. The van der Waals surface area contributed by atoms with E-state index in [4.69, 9.17) is 4.74 Å². The van der Waals surface area contributed by atoms with Gasteiger partial charge >= 0.3 is 0 Å². The van der Waals surface area contributed by atoms with Crippen molar-refractivity contribution in [2.45, 2.75) is 77.4 Å². The van der Waals surface area contributed by atoms with Crippen LogP contribution in [0.5, 0.6) is 0 Å². The summed E-state index contributed by atoms with van der Waals surface area (Å²) in [4.78, 5) is 0. The van der Waals surface area contributed by atoms with E-state index in [0.29, 0.717) is 0 Å². The summed E-state index contributed by atoms with van der Waals surface area (Å²) >= 11 is 0. The van der Waals surface area contributed by atoms with Crippen LogP contribution in [0.2, 0.25) is 0 Å². The summed E-state index contributed by atoms with van der Waals surface area (Å²) in [5.41, 5.74) is -0.501. The van der Waals surface area contributed by atoms with E-state index in [1.165, 1.54) is 0 Å². The van der Waals surface area contributed by atoms with Crippen molar-refractivity contribution in [3.05, 3.63) is 0 Å². The zero-order valence-electron chi connectivity index (χ0n) is 11.1. The Hall–Kier alpha value is -0.0800. The maximum Gasteiger partial charge on any atom is 0.0650 e. The van der Waals surface area contributed by atoms with Gasteiger partial charge in [-0.3, -0.25) is 0 Å². The van der Waals surface area contributed by atoms with Gasteiger partial charge in [-0.15, -0.1) is 0 Å². The summed E-state index contributed by atoms with van der Waals surface area (Å²) in [5.74, 6) is 0. The van der Waals surface area contributed by atoms with Gasteiger partial charge in [0, 0.05) is 7.11 Å². The number of hydrogen-bond donors (Lipinski definition) is 1. The van der Waals surface area contributed by atoms with E-state index in [9.17, 15) is 5.11 Å². The van der Waals surface area contributed by atoms with Crippen LogP contribution >= 0.6 is 0 Å². The smallest absolute Gasteiger partial charge is 0.0650 e. The normalized spacial score (nSPS) is 19.6. The molecule has 0 heterocycles. The topological polar surface area (TPSA) is 29.5 Å². The van der Waals surface area contributed by atoms with Crippen LogP contribution in [0.1, 0.15) is 66.2 Å². The van der Waals surface area contributed by atoms with Crippen LogP contribution in [0, 0.1) is 0 Å². The molecule has 0 aromatic heterocycles. The lowest BCUT2D eigenvalue weighted by atomic mass is 9.89. The zero-order chi connectivity index (χ0) is 11.9. The van der Waals surface area contributed by atoms with Gasteiger partial charge in [0.1, 0.15) is 0 Å². The lowest BCUT2D eigenvalue weighted by Crippen LogP contribution is -2.29. The van der Waals surface area contributed by atoms with Crippen LogP contribution in [0.4, 0.5) is 0 Å². The SMILES string of the molecule is CCCC(C)(CCCC(C)(O)CC)OC. The van der Waals surface area contributed by atoms with Gasteiger partial charge in [-0.1, -0.05) is 20.3 Å². The number of hydrogen-bond acceptors (Lipinski definition) is 2. The summed E-state index contributed by atoms with van der Waals surface area (Å²) in [7, 11) is 1.79. The highest BCUT2D eigenvalue weighted by Gasteiger charge is 2.24. The lowest BCUT2D eigenvalue weighted by molar-refractivity contribution is -0.0190. The van der Waals surface area contributed by atoms with E-state index >= 15 is 0 Å². The molecule has 0 aliphatic heterocycles. The molecular formula is C13H28O2. The number of aliphatic hydroxyl groups is 1. The Bertz CT molecular complexity index is 166. The molecule has 2 unspecified atom stereocenters. The third kappa shape index (κ3) is 6.16. The van der Waals surface area contributed by atoms with Crippen molar-refractivity contribution in [1.29, 1.82) is 0 Å². The minimum atomic E-state index is -0.499. The minimum Gasteiger partial charge on any atom is -0.390 e. The maximum absolute atomic E-state index is 9.88. The molecule has 0 saturated heterocycles. The van der Waals surface area contributed by atoms with E-state index in [0.717, 1.165) is 38.5 Å². The first-order valence-corrected chi connectivity index (χ1v) is 6.16. The molecule has 2 heteroatoms. The van der Waals surface area contributed by atoms with Crippen LogP contribution in [-0.2, 0) is 4.74 Å². The van der Waals surface area contributed by atoms with Gasteiger partial charge in [0.25, 0.3) is 0 Å². The average molecular weight is 216 g/mol. The largest absolute Gasteiger partial charge is 0.390 e. The van der Waals surface area contributed by atoms with Crippen LogP contribution in [-0.4, -0.2) is 23.4 Å². The van der Waals surface area contributed by atoms with Crippen molar-refractivity contribution in [3.63, 3.8) is 0 Å². The first-order chi connectivity index (χ1) is 6.89. The van der Waals surface area contributed by atoms with Gasteiger partial charge < -0.3 is 9.84 Å². The van der Waals surface area contributed by atoms with E-state index < -0.39 is 5.60 Å². The molecule has 0 amide bonds. The molecule has 0 saturated carbocycles. The molecule has 0 aromatic carbocycles. The highest BCUT2D eigenvalue weighted by atomic mass is 16.5. The number of ether oxygens (including phenoxy) is 1. The molecule has 0 aromatic rings. The van der Waals surface area contributed by atoms with Gasteiger partial charge in [0.2, 0.25) is 0 Å². The van der Waals surface area contributed by atoms with Gasteiger partial charge in [-0.2, -0.15) is 0 Å². The highest BCUT2D eigenvalue weighted by Crippen LogP contribution is 2.26. The van der Waals surface area contributed by atoms with Crippen molar-refractivity contribution in [3.8, 4) is 0 Å².